The molecule has 0 atom stereocenters. The first-order chi connectivity index (χ1) is 14.4. The maximum atomic E-state index is 13.3. The van der Waals surface area contributed by atoms with Gasteiger partial charge in [0.25, 0.3) is 11.5 Å². The van der Waals surface area contributed by atoms with Crippen molar-refractivity contribution in [2.24, 2.45) is 5.92 Å². The number of aromatic nitrogens is 2. The van der Waals surface area contributed by atoms with E-state index in [4.69, 9.17) is 9.47 Å². The van der Waals surface area contributed by atoms with Crippen LogP contribution in [0.15, 0.2) is 47.3 Å². The van der Waals surface area contributed by atoms with Gasteiger partial charge in [0, 0.05) is 25.5 Å². The highest BCUT2D eigenvalue weighted by Gasteiger charge is 2.21. The normalized spacial score (nSPS) is 12.9. The molecule has 4 rings (SSSR count). The van der Waals surface area contributed by atoms with Gasteiger partial charge in [-0.05, 0) is 29.7 Å². The summed E-state index contributed by atoms with van der Waals surface area (Å²) in [5.41, 5.74) is 1.03. The van der Waals surface area contributed by atoms with Crippen LogP contribution in [0.1, 0.15) is 29.9 Å². The Kier molecular flexibility index (Phi) is 5.44. The second-order valence-corrected chi connectivity index (χ2v) is 7.91. The summed E-state index contributed by atoms with van der Waals surface area (Å²) in [6.45, 7) is 5.91. The van der Waals surface area contributed by atoms with E-state index in [1.165, 1.54) is 4.68 Å². The molecule has 7 heteroatoms. The number of carbonyl (C=O) groups is 1. The Bertz CT molecular complexity index is 1150. The fraction of sp³-hybridized carbons (Fsp3) is 0.348. The summed E-state index contributed by atoms with van der Waals surface area (Å²) in [7, 11) is 1.73. The highest BCUT2D eigenvalue weighted by Crippen LogP contribution is 2.31. The Morgan fingerprint density at radius 3 is 2.53 bits per heavy atom. The van der Waals surface area contributed by atoms with Gasteiger partial charge in [0.2, 0.25) is 0 Å². The summed E-state index contributed by atoms with van der Waals surface area (Å²) in [5, 5.41) is 5.52. The van der Waals surface area contributed by atoms with E-state index >= 15 is 0 Å². The third kappa shape index (κ3) is 3.87. The predicted molar refractivity (Wildman–Crippen MR) is 114 cm³/mol. The van der Waals surface area contributed by atoms with Crippen LogP contribution in [0, 0.1) is 5.92 Å². The number of fused-ring (bicyclic) bond motifs is 2. The average Bonchev–Trinajstić information content (AvgIpc) is 2.75. The van der Waals surface area contributed by atoms with Crippen LogP contribution in [0.3, 0.4) is 0 Å². The van der Waals surface area contributed by atoms with Crippen molar-refractivity contribution in [3.63, 3.8) is 0 Å². The van der Waals surface area contributed by atoms with Crippen LogP contribution >= 0.6 is 0 Å². The third-order valence-corrected chi connectivity index (χ3v) is 4.98. The van der Waals surface area contributed by atoms with E-state index in [-0.39, 0.29) is 23.1 Å². The van der Waals surface area contributed by atoms with Crippen LogP contribution in [0.2, 0.25) is 0 Å². The molecule has 1 amide bonds. The zero-order chi connectivity index (χ0) is 21.3. The van der Waals surface area contributed by atoms with Crippen LogP contribution in [-0.2, 0) is 13.1 Å². The van der Waals surface area contributed by atoms with E-state index in [9.17, 15) is 9.59 Å². The maximum absolute atomic E-state index is 13.3. The molecule has 1 aliphatic rings. The minimum Gasteiger partial charge on any atom is -0.486 e. The SMILES string of the molecule is CC(C)Cn1nc(C(=O)N(C)Cc2ccc3c(c2)OCCO3)c2ccccc2c1=O. The number of nitrogens with zero attached hydrogens (tertiary/aromatic N) is 3. The molecule has 3 aromatic rings. The topological polar surface area (TPSA) is 73.7 Å². The van der Waals surface area contributed by atoms with Gasteiger partial charge < -0.3 is 14.4 Å². The molecule has 2 heterocycles. The molecule has 0 bridgehead atoms. The van der Waals surface area contributed by atoms with Gasteiger partial charge in [0.05, 0.1) is 5.39 Å². The summed E-state index contributed by atoms with van der Waals surface area (Å²) >= 11 is 0. The molecule has 1 aliphatic heterocycles. The number of ether oxygens (including phenoxy) is 2. The predicted octanol–water partition coefficient (Wildman–Crippen LogP) is 3.10. The van der Waals surface area contributed by atoms with E-state index in [0.29, 0.717) is 48.6 Å². The molecule has 0 aliphatic carbocycles. The van der Waals surface area contributed by atoms with Crippen LogP contribution in [0.5, 0.6) is 11.5 Å². The first-order valence-corrected chi connectivity index (χ1v) is 10.1. The molecule has 0 spiro atoms. The van der Waals surface area contributed by atoms with E-state index in [1.807, 2.05) is 38.1 Å². The van der Waals surface area contributed by atoms with Crippen LogP contribution in [0.25, 0.3) is 10.8 Å². The van der Waals surface area contributed by atoms with Crippen LogP contribution in [-0.4, -0.2) is 40.8 Å². The lowest BCUT2D eigenvalue weighted by atomic mass is 10.1. The minimum absolute atomic E-state index is 0.176. The molecule has 0 N–H and O–H groups in total. The van der Waals surface area contributed by atoms with Crippen molar-refractivity contribution >= 4 is 16.7 Å². The summed E-state index contributed by atoms with van der Waals surface area (Å²) in [6.07, 6.45) is 0. The fourth-order valence-electron chi connectivity index (χ4n) is 3.58. The Morgan fingerprint density at radius 1 is 1.10 bits per heavy atom. The largest absolute Gasteiger partial charge is 0.486 e. The molecule has 0 radical (unpaired) electrons. The zero-order valence-corrected chi connectivity index (χ0v) is 17.4. The molecule has 7 nitrogen and oxygen atoms in total. The third-order valence-electron chi connectivity index (χ3n) is 4.98. The highest BCUT2D eigenvalue weighted by molar-refractivity contribution is 6.04. The molecule has 0 saturated carbocycles. The molecule has 0 fully saturated rings. The molecule has 1 aromatic heterocycles. The van der Waals surface area contributed by atoms with Gasteiger partial charge in [-0.25, -0.2) is 4.68 Å². The highest BCUT2D eigenvalue weighted by atomic mass is 16.6. The minimum atomic E-state index is -0.237. The Hall–Kier alpha value is -3.35. The van der Waals surface area contributed by atoms with Gasteiger partial charge in [0.1, 0.15) is 13.2 Å². The zero-order valence-electron chi connectivity index (χ0n) is 17.4. The number of hydrogen-bond acceptors (Lipinski definition) is 5. The van der Waals surface area contributed by atoms with E-state index in [2.05, 4.69) is 5.10 Å². The number of rotatable bonds is 5. The van der Waals surface area contributed by atoms with Crippen molar-refractivity contribution in [2.75, 3.05) is 20.3 Å². The van der Waals surface area contributed by atoms with E-state index in [1.54, 1.807) is 30.1 Å². The number of carbonyl (C=O) groups excluding carboxylic acids is 1. The standard InChI is InChI=1S/C23H25N3O4/c1-15(2)13-26-22(27)18-7-5-4-6-17(18)21(24-26)23(28)25(3)14-16-8-9-19-20(12-16)30-11-10-29-19/h4-9,12,15H,10-11,13-14H2,1-3H3. The van der Waals surface area contributed by atoms with Crippen LogP contribution in [0.4, 0.5) is 0 Å². The van der Waals surface area contributed by atoms with Gasteiger partial charge in [-0.2, -0.15) is 5.10 Å². The summed E-state index contributed by atoms with van der Waals surface area (Å²) in [6, 6.07) is 12.8. The van der Waals surface area contributed by atoms with Crippen LogP contribution < -0.4 is 15.0 Å². The molecule has 0 saturated heterocycles. The van der Waals surface area contributed by atoms with E-state index < -0.39 is 0 Å². The summed E-state index contributed by atoms with van der Waals surface area (Å²) in [5.74, 6) is 1.40. The second-order valence-electron chi connectivity index (χ2n) is 7.91. The lowest BCUT2D eigenvalue weighted by Crippen LogP contribution is -2.32. The maximum Gasteiger partial charge on any atom is 0.274 e. The van der Waals surface area contributed by atoms with Gasteiger partial charge >= 0.3 is 0 Å². The number of hydrogen-bond donors (Lipinski definition) is 0. The fourth-order valence-corrected chi connectivity index (χ4v) is 3.58. The van der Waals surface area contributed by atoms with Crippen molar-refractivity contribution in [2.45, 2.75) is 26.9 Å². The van der Waals surface area contributed by atoms with Crippen molar-refractivity contribution < 1.29 is 14.3 Å². The summed E-state index contributed by atoms with van der Waals surface area (Å²) < 4.78 is 12.6. The number of benzene rings is 2. The Morgan fingerprint density at radius 2 is 1.80 bits per heavy atom. The molecular weight excluding hydrogens is 382 g/mol. The van der Waals surface area contributed by atoms with Crippen molar-refractivity contribution in [1.82, 2.24) is 14.7 Å². The smallest absolute Gasteiger partial charge is 0.274 e. The van der Waals surface area contributed by atoms with Gasteiger partial charge in [-0.1, -0.05) is 38.1 Å². The first kappa shape index (κ1) is 19.9. The quantitative estimate of drug-likeness (QED) is 0.650. The van der Waals surface area contributed by atoms with Gasteiger partial charge in [-0.3, -0.25) is 9.59 Å². The molecule has 2 aromatic carbocycles. The monoisotopic (exact) mass is 407 g/mol. The molecule has 156 valence electrons. The van der Waals surface area contributed by atoms with E-state index in [0.717, 1.165) is 5.56 Å². The molecular formula is C23H25N3O4. The van der Waals surface area contributed by atoms with Gasteiger partial charge in [0.15, 0.2) is 17.2 Å². The Labute approximate surface area is 174 Å². The molecule has 0 unspecified atom stereocenters. The molecule has 30 heavy (non-hydrogen) atoms. The number of amides is 1. The lowest BCUT2D eigenvalue weighted by molar-refractivity contribution is 0.0778. The average molecular weight is 407 g/mol. The Balaban J connectivity index is 1.66. The van der Waals surface area contributed by atoms with Crippen molar-refractivity contribution in [1.29, 1.82) is 0 Å². The lowest BCUT2D eigenvalue weighted by Gasteiger charge is -2.21. The second kappa shape index (κ2) is 8.18. The van der Waals surface area contributed by atoms with Gasteiger partial charge in [-0.15, -0.1) is 0 Å². The van der Waals surface area contributed by atoms with Crippen molar-refractivity contribution in [3.05, 3.63) is 64.1 Å². The van der Waals surface area contributed by atoms with Crippen molar-refractivity contribution in [3.8, 4) is 11.5 Å². The first-order valence-electron chi connectivity index (χ1n) is 10.1. The summed E-state index contributed by atoms with van der Waals surface area (Å²) in [4.78, 5) is 27.7.